The van der Waals surface area contributed by atoms with Gasteiger partial charge in [-0.15, -0.1) is 0 Å². The summed E-state index contributed by atoms with van der Waals surface area (Å²) in [4.78, 5) is 14.6. The molecule has 0 bridgehead atoms. The Balaban J connectivity index is 1.35. The van der Waals surface area contributed by atoms with E-state index in [2.05, 4.69) is 34.5 Å². The van der Waals surface area contributed by atoms with Crippen LogP contribution in [0.2, 0.25) is 0 Å². The number of hydrogen-bond donors (Lipinski definition) is 1. The van der Waals surface area contributed by atoms with Crippen LogP contribution >= 0.6 is 0 Å². The van der Waals surface area contributed by atoms with E-state index in [1.807, 2.05) is 18.2 Å². The Hall–Kier alpha value is -2.11. The van der Waals surface area contributed by atoms with E-state index in [9.17, 15) is 4.79 Å². The molecule has 0 aliphatic carbocycles. The first kappa shape index (κ1) is 19.6. The van der Waals surface area contributed by atoms with Crippen molar-refractivity contribution in [2.75, 3.05) is 46.5 Å². The van der Waals surface area contributed by atoms with E-state index >= 15 is 0 Å². The molecule has 1 fully saturated rings. The highest BCUT2D eigenvalue weighted by Gasteiger charge is 2.24. The summed E-state index contributed by atoms with van der Waals surface area (Å²) in [6.07, 6.45) is 2.71. The first-order valence-corrected chi connectivity index (χ1v) is 9.87. The van der Waals surface area contributed by atoms with Crippen LogP contribution in [0.15, 0.2) is 42.5 Å². The molecule has 3 rings (SSSR count). The molecule has 1 amide bonds. The first-order valence-electron chi connectivity index (χ1n) is 9.87. The highest BCUT2D eigenvalue weighted by Crippen LogP contribution is 2.21. The number of rotatable bonds is 9. The molecule has 0 unspecified atom stereocenters. The molecule has 2 aromatic rings. The van der Waals surface area contributed by atoms with Crippen LogP contribution in [0.5, 0.6) is 5.75 Å². The van der Waals surface area contributed by atoms with Gasteiger partial charge in [0.05, 0.1) is 0 Å². The number of amides is 1. The Morgan fingerprint density at radius 2 is 1.89 bits per heavy atom. The van der Waals surface area contributed by atoms with E-state index < -0.39 is 0 Å². The fraction of sp³-hybridized carbons (Fsp3) is 0.500. The molecular weight excluding hydrogens is 340 g/mol. The van der Waals surface area contributed by atoms with Gasteiger partial charge in [-0.25, -0.2) is 0 Å². The van der Waals surface area contributed by atoms with Gasteiger partial charge in [0.15, 0.2) is 0 Å². The number of nitrogens with one attached hydrogen (secondary N) is 1. The summed E-state index contributed by atoms with van der Waals surface area (Å²) in [6, 6.07) is 14.5. The van der Waals surface area contributed by atoms with Gasteiger partial charge < -0.3 is 14.8 Å². The van der Waals surface area contributed by atoms with Gasteiger partial charge in [-0.2, -0.15) is 0 Å². The number of nitrogens with zero attached hydrogens (tertiary/aromatic N) is 1. The zero-order valence-corrected chi connectivity index (χ0v) is 16.2. The average molecular weight is 370 g/mol. The van der Waals surface area contributed by atoms with Crippen LogP contribution < -0.4 is 10.1 Å². The average Bonchev–Trinajstić information content (AvgIpc) is 2.71. The molecule has 2 aromatic carbocycles. The summed E-state index contributed by atoms with van der Waals surface area (Å²) >= 11 is 0. The lowest BCUT2D eigenvalue weighted by atomic mass is 9.96. The van der Waals surface area contributed by atoms with Gasteiger partial charge in [0, 0.05) is 32.7 Å². The second kappa shape index (κ2) is 10.3. The van der Waals surface area contributed by atoms with Crippen molar-refractivity contribution in [3.8, 4) is 5.75 Å². The summed E-state index contributed by atoms with van der Waals surface area (Å²) in [7, 11) is 1.68. The standard InChI is InChI=1S/C22H30N2O3/c1-26-15-4-11-23-22(25)19-9-12-24(13-10-19)14-16-27-21-8-7-18-5-2-3-6-20(18)17-21/h2-3,5-8,17,19H,4,9-16H2,1H3,(H,23,25). The van der Waals surface area contributed by atoms with Crippen molar-refractivity contribution in [1.29, 1.82) is 0 Å². The monoisotopic (exact) mass is 370 g/mol. The maximum atomic E-state index is 12.2. The third-order valence-corrected chi connectivity index (χ3v) is 5.18. The van der Waals surface area contributed by atoms with Crippen LogP contribution in [0, 0.1) is 5.92 Å². The fourth-order valence-corrected chi connectivity index (χ4v) is 3.54. The van der Waals surface area contributed by atoms with E-state index in [-0.39, 0.29) is 11.8 Å². The largest absolute Gasteiger partial charge is 0.492 e. The molecular formula is C22H30N2O3. The minimum absolute atomic E-state index is 0.144. The predicted octanol–water partition coefficient (Wildman–Crippen LogP) is 3.08. The van der Waals surface area contributed by atoms with Crippen LogP contribution in [0.4, 0.5) is 0 Å². The van der Waals surface area contributed by atoms with Crippen LogP contribution in [0.3, 0.4) is 0 Å². The lowest BCUT2D eigenvalue weighted by Crippen LogP contribution is -2.42. The van der Waals surface area contributed by atoms with Gasteiger partial charge in [-0.3, -0.25) is 9.69 Å². The number of carbonyl (C=O) groups is 1. The summed E-state index contributed by atoms with van der Waals surface area (Å²) in [5.74, 6) is 1.25. The molecule has 27 heavy (non-hydrogen) atoms. The number of methoxy groups -OCH3 is 1. The summed E-state index contributed by atoms with van der Waals surface area (Å²) < 4.78 is 10.9. The Bertz CT molecular complexity index is 726. The molecule has 5 nitrogen and oxygen atoms in total. The second-order valence-corrected chi connectivity index (χ2v) is 7.11. The number of fused-ring (bicyclic) bond motifs is 1. The van der Waals surface area contributed by atoms with Crippen LogP contribution in [-0.4, -0.2) is 57.3 Å². The van der Waals surface area contributed by atoms with E-state index in [0.717, 1.165) is 44.6 Å². The Kier molecular flexibility index (Phi) is 7.48. The van der Waals surface area contributed by atoms with Crippen molar-refractivity contribution < 1.29 is 14.3 Å². The molecule has 0 spiro atoms. The highest BCUT2D eigenvalue weighted by atomic mass is 16.5. The molecule has 5 heteroatoms. The van der Waals surface area contributed by atoms with Gasteiger partial charge >= 0.3 is 0 Å². The minimum Gasteiger partial charge on any atom is -0.492 e. The molecule has 1 aliphatic rings. The third-order valence-electron chi connectivity index (χ3n) is 5.18. The second-order valence-electron chi connectivity index (χ2n) is 7.11. The van der Waals surface area contributed by atoms with E-state index in [0.29, 0.717) is 19.8 Å². The number of hydrogen-bond acceptors (Lipinski definition) is 4. The SMILES string of the molecule is COCCCNC(=O)C1CCN(CCOc2ccc3ccccc3c2)CC1. The van der Waals surface area contributed by atoms with Gasteiger partial charge in [0.1, 0.15) is 12.4 Å². The highest BCUT2D eigenvalue weighted by molar-refractivity contribution is 5.83. The summed E-state index contributed by atoms with van der Waals surface area (Å²) in [6.45, 7) is 4.87. The minimum atomic E-state index is 0.144. The van der Waals surface area contributed by atoms with Crippen molar-refractivity contribution in [3.05, 3.63) is 42.5 Å². The smallest absolute Gasteiger partial charge is 0.223 e. The fourth-order valence-electron chi connectivity index (χ4n) is 3.54. The zero-order valence-electron chi connectivity index (χ0n) is 16.2. The molecule has 0 atom stereocenters. The molecule has 1 saturated heterocycles. The van der Waals surface area contributed by atoms with Crippen molar-refractivity contribution in [1.82, 2.24) is 10.2 Å². The maximum Gasteiger partial charge on any atom is 0.223 e. The molecule has 0 aromatic heterocycles. The van der Waals surface area contributed by atoms with Gasteiger partial charge in [0.25, 0.3) is 0 Å². The van der Waals surface area contributed by atoms with E-state index in [1.165, 1.54) is 10.8 Å². The Morgan fingerprint density at radius 1 is 1.11 bits per heavy atom. The topological polar surface area (TPSA) is 50.8 Å². The van der Waals surface area contributed by atoms with Crippen molar-refractivity contribution in [3.63, 3.8) is 0 Å². The number of carbonyl (C=O) groups excluding carboxylic acids is 1. The molecule has 1 heterocycles. The van der Waals surface area contributed by atoms with Crippen molar-refractivity contribution in [2.24, 2.45) is 5.92 Å². The Morgan fingerprint density at radius 3 is 2.67 bits per heavy atom. The number of piperidine rings is 1. The van der Waals surface area contributed by atoms with Crippen LogP contribution in [-0.2, 0) is 9.53 Å². The molecule has 1 N–H and O–H groups in total. The van der Waals surface area contributed by atoms with Crippen LogP contribution in [0.1, 0.15) is 19.3 Å². The lowest BCUT2D eigenvalue weighted by Gasteiger charge is -2.31. The Labute approximate surface area is 161 Å². The summed E-state index contributed by atoms with van der Waals surface area (Å²) in [5, 5.41) is 5.45. The van der Waals surface area contributed by atoms with E-state index in [1.54, 1.807) is 7.11 Å². The number of benzene rings is 2. The van der Waals surface area contributed by atoms with Gasteiger partial charge in [0.2, 0.25) is 5.91 Å². The van der Waals surface area contributed by atoms with Gasteiger partial charge in [-0.1, -0.05) is 30.3 Å². The number of ether oxygens (including phenoxy) is 2. The van der Waals surface area contributed by atoms with Crippen LogP contribution in [0.25, 0.3) is 10.8 Å². The third kappa shape index (κ3) is 5.94. The maximum absolute atomic E-state index is 12.2. The predicted molar refractivity (Wildman–Crippen MR) is 108 cm³/mol. The van der Waals surface area contributed by atoms with Crippen molar-refractivity contribution in [2.45, 2.75) is 19.3 Å². The molecule has 0 radical (unpaired) electrons. The van der Waals surface area contributed by atoms with Gasteiger partial charge in [-0.05, 0) is 55.3 Å². The normalized spacial score (nSPS) is 15.7. The van der Waals surface area contributed by atoms with E-state index in [4.69, 9.17) is 9.47 Å². The molecule has 0 saturated carbocycles. The quantitative estimate of drug-likeness (QED) is 0.689. The summed E-state index contributed by atoms with van der Waals surface area (Å²) in [5.41, 5.74) is 0. The number of likely N-dealkylation sites (tertiary alicyclic amines) is 1. The first-order chi connectivity index (χ1) is 13.3. The zero-order chi connectivity index (χ0) is 18.9. The lowest BCUT2D eigenvalue weighted by molar-refractivity contribution is -0.126. The van der Waals surface area contributed by atoms with Crippen molar-refractivity contribution >= 4 is 16.7 Å². The molecule has 1 aliphatic heterocycles. The molecule has 146 valence electrons.